The van der Waals surface area contributed by atoms with Crippen molar-refractivity contribution in [2.45, 2.75) is 18.8 Å². The summed E-state index contributed by atoms with van der Waals surface area (Å²) in [5.74, 6) is -2.25. The van der Waals surface area contributed by atoms with Crippen molar-refractivity contribution in [3.8, 4) is 6.07 Å². The van der Waals surface area contributed by atoms with Gasteiger partial charge >= 0.3 is 5.97 Å². The number of carbonyl (C=O) groups excluding carboxylic acids is 3. The zero-order valence-electron chi connectivity index (χ0n) is 14.1. The number of para-hydroxylation sites is 1. The standard InChI is InChI=1S/C18H15N3O5/c1-9-15(13(22)7-14(23)25-2)18(11(8-19)16(20)26-9)10-5-3-4-6-12(10)21-17(18)24/h3-6H,7,20H2,1-2H3,(H,21,24). The zero-order valence-corrected chi connectivity index (χ0v) is 14.1. The monoisotopic (exact) mass is 353 g/mol. The number of rotatable bonds is 3. The van der Waals surface area contributed by atoms with Crippen LogP contribution in [0.3, 0.4) is 0 Å². The average molecular weight is 353 g/mol. The molecule has 2 aliphatic heterocycles. The number of benzene rings is 1. The Balaban J connectivity index is 2.31. The van der Waals surface area contributed by atoms with Crippen LogP contribution in [0.2, 0.25) is 0 Å². The van der Waals surface area contributed by atoms with E-state index in [4.69, 9.17) is 10.5 Å². The number of amides is 1. The van der Waals surface area contributed by atoms with E-state index in [1.807, 2.05) is 6.07 Å². The Labute approximate surface area is 148 Å². The SMILES string of the molecule is COC(=O)CC(=O)C1=C(C)OC(N)=C(C#N)C12C(=O)Nc1ccccc12. The zero-order chi connectivity index (χ0) is 19.1. The van der Waals surface area contributed by atoms with Gasteiger partial charge in [-0.05, 0) is 13.0 Å². The third-order valence-electron chi connectivity index (χ3n) is 4.45. The maximum atomic E-state index is 13.0. The predicted octanol–water partition coefficient (Wildman–Crippen LogP) is 1.01. The van der Waals surface area contributed by atoms with Crippen LogP contribution in [0.4, 0.5) is 5.69 Å². The molecular formula is C18H15N3O5. The van der Waals surface area contributed by atoms with E-state index in [2.05, 4.69) is 10.1 Å². The lowest BCUT2D eigenvalue weighted by Gasteiger charge is -2.34. The van der Waals surface area contributed by atoms with Crippen LogP contribution in [0.15, 0.2) is 47.1 Å². The van der Waals surface area contributed by atoms with E-state index in [1.165, 1.54) is 6.92 Å². The topological polar surface area (TPSA) is 132 Å². The number of anilines is 1. The number of fused-ring (bicyclic) bond motifs is 2. The molecule has 0 aromatic heterocycles. The second kappa shape index (κ2) is 6.04. The third kappa shape index (κ3) is 2.18. The maximum absolute atomic E-state index is 13.0. The number of nitrogens with one attached hydrogen (secondary N) is 1. The van der Waals surface area contributed by atoms with Crippen LogP contribution in [-0.4, -0.2) is 24.8 Å². The summed E-state index contributed by atoms with van der Waals surface area (Å²) in [4.78, 5) is 37.5. The highest BCUT2D eigenvalue weighted by Gasteiger charge is 2.58. The molecular weight excluding hydrogens is 338 g/mol. The molecule has 0 saturated heterocycles. The van der Waals surface area contributed by atoms with E-state index in [0.717, 1.165) is 7.11 Å². The number of ether oxygens (including phenoxy) is 2. The Kier molecular flexibility index (Phi) is 4.00. The number of ketones is 1. The maximum Gasteiger partial charge on any atom is 0.313 e. The molecule has 8 heteroatoms. The molecule has 0 aliphatic carbocycles. The van der Waals surface area contributed by atoms with E-state index in [1.54, 1.807) is 24.3 Å². The molecule has 132 valence electrons. The largest absolute Gasteiger partial charge is 0.469 e. The second-order valence-corrected chi connectivity index (χ2v) is 5.81. The molecule has 2 aliphatic rings. The fraction of sp³-hybridized carbons (Fsp3) is 0.222. The number of carbonyl (C=O) groups is 3. The molecule has 1 aromatic rings. The fourth-order valence-electron chi connectivity index (χ4n) is 3.43. The van der Waals surface area contributed by atoms with Crippen LogP contribution >= 0.6 is 0 Å². The Morgan fingerprint density at radius 2 is 2.08 bits per heavy atom. The number of hydrogen-bond donors (Lipinski definition) is 2. The molecule has 2 heterocycles. The van der Waals surface area contributed by atoms with Crippen molar-refractivity contribution in [1.82, 2.24) is 0 Å². The number of allylic oxidation sites excluding steroid dienone is 1. The van der Waals surface area contributed by atoms with Crippen molar-refractivity contribution in [3.05, 3.63) is 52.6 Å². The number of esters is 1. The van der Waals surface area contributed by atoms with E-state index < -0.39 is 29.5 Å². The first-order chi connectivity index (χ1) is 12.4. The van der Waals surface area contributed by atoms with Gasteiger partial charge in [-0.3, -0.25) is 14.4 Å². The van der Waals surface area contributed by atoms with Gasteiger partial charge in [0.2, 0.25) is 11.8 Å². The number of nitrogens with zero attached hydrogens (tertiary/aromatic N) is 1. The van der Waals surface area contributed by atoms with E-state index in [-0.39, 0.29) is 22.8 Å². The summed E-state index contributed by atoms with van der Waals surface area (Å²) in [6, 6.07) is 8.57. The molecule has 0 radical (unpaired) electrons. The molecule has 1 amide bonds. The molecule has 1 unspecified atom stereocenters. The van der Waals surface area contributed by atoms with Gasteiger partial charge in [-0.1, -0.05) is 18.2 Å². The van der Waals surface area contributed by atoms with Gasteiger partial charge in [-0.25, -0.2) is 0 Å². The van der Waals surface area contributed by atoms with Crippen molar-refractivity contribution in [2.75, 3.05) is 12.4 Å². The highest BCUT2D eigenvalue weighted by Crippen LogP contribution is 2.51. The Morgan fingerprint density at radius 1 is 1.38 bits per heavy atom. The lowest BCUT2D eigenvalue weighted by atomic mass is 9.66. The second-order valence-electron chi connectivity index (χ2n) is 5.81. The highest BCUT2D eigenvalue weighted by atomic mass is 16.5. The van der Waals surface area contributed by atoms with Gasteiger partial charge in [0.25, 0.3) is 0 Å². The molecule has 26 heavy (non-hydrogen) atoms. The van der Waals surface area contributed by atoms with Crippen molar-refractivity contribution in [3.63, 3.8) is 0 Å². The first kappa shape index (κ1) is 17.2. The molecule has 1 atom stereocenters. The summed E-state index contributed by atoms with van der Waals surface area (Å²) >= 11 is 0. The summed E-state index contributed by atoms with van der Waals surface area (Å²) < 4.78 is 9.89. The summed E-state index contributed by atoms with van der Waals surface area (Å²) in [5, 5.41) is 12.3. The van der Waals surface area contributed by atoms with Crippen molar-refractivity contribution >= 4 is 23.3 Å². The molecule has 1 spiro atoms. The van der Waals surface area contributed by atoms with Crippen LogP contribution in [-0.2, 0) is 29.3 Å². The first-order valence-corrected chi connectivity index (χ1v) is 7.68. The third-order valence-corrected chi connectivity index (χ3v) is 4.45. The summed E-state index contributed by atoms with van der Waals surface area (Å²) in [6.45, 7) is 1.46. The Morgan fingerprint density at radius 3 is 2.73 bits per heavy atom. The van der Waals surface area contributed by atoms with Crippen molar-refractivity contribution in [2.24, 2.45) is 5.73 Å². The van der Waals surface area contributed by atoms with Crippen molar-refractivity contribution in [1.29, 1.82) is 5.26 Å². The Bertz CT molecular complexity index is 954. The number of methoxy groups -OCH3 is 1. The lowest BCUT2D eigenvalue weighted by molar-refractivity contribution is -0.143. The molecule has 0 bridgehead atoms. The van der Waals surface area contributed by atoms with E-state index in [9.17, 15) is 19.6 Å². The normalized spacial score (nSPS) is 21.0. The van der Waals surface area contributed by atoms with Crippen LogP contribution in [0, 0.1) is 11.3 Å². The lowest BCUT2D eigenvalue weighted by Crippen LogP contribution is -2.45. The number of Topliss-reactive ketones (excluding diaryl/α,β-unsaturated/α-hetero) is 1. The quantitative estimate of drug-likeness (QED) is 0.612. The predicted molar refractivity (Wildman–Crippen MR) is 89.0 cm³/mol. The van der Waals surface area contributed by atoms with Crippen LogP contribution in [0.25, 0.3) is 0 Å². The van der Waals surface area contributed by atoms with Gasteiger partial charge < -0.3 is 20.5 Å². The van der Waals surface area contributed by atoms with Gasteiger partial charge in [0.1, 0.15) is 29.2 Å². The smallest absolute Gasteiger partial charge is 0.313 e. The molecule has 3 N–H and O–H groups in total. The van der Waals surface area contributed by atoms with Crippen molar-refractivity contribution < 1.29 is 23.9 Å². The molecule has 1 aromatic carbocycles. The molecule has 0 saturated carbocycles. The van der Waals surface area contributed by atoms with Gasteiger partial charge in [-0.2, -0.15) is 5.26 Å². The van der Waals surface area contributed by atoms with E-state index in [0.29, 0.717) is 11.3 Å². The minimum Gasteiger partial charge on any atom is -0.469 e. The molecule has 3 rings (SSSR count). The number of hydrogen-bond acceptors (Lipinski definition) is 7. The van der Waals surface area contributed by atoms with Crippen LogP contribution in [0.5, 0.6) is 0 Å². The molecule has 8 nitrogen and oxygen atoms in total. The first-order valence-electron chi connectivity index (χ1n) is 7.68. The van der Waals surface area contributed by atoms with Crippen LogP contribution in [0.1, 0.15) is 18.9 Å². The van der Waals surface area contributed by atoms with Gasteiger partial charge in [0.15, 0.2) is 5.78 Å². The minimum absolute atomic E-state index is 0.0576. The van der Waals surface area contributed by atoms with E-state index >= 15 is 0 Å². The summed E-state index contributed by atoms with van der Waals surface area (Å²) in [5.41, 5.74) is 4.66. The summed E-state index contributed by atoms with van der Waals surface area (Å²) in [6.07, 6.45) is -0.595. The number of nitrogens with two attached hydrogens (primary N) is 1. The summed E-state index contributed by atoms with van der Waals surface area (Å²) in [7, 11) is 1.15. The highest BCUT2D eigenvalue weighted by molar-refractivity contribution is 6.20. The minimum atomic E-state index is -1.76. The number of nitriles is 1. The molecule has 0 fully saturated rings. The Hall–Kier alpha value is -3.60. The van der Waals surface area contributed by atoms with Gasteiger partial charge in [-0.15, -0.1) is 0 Å². The van der Waals surface area contributed by atoms with Gasteiger partial charge in [0.05, 0.1) is 12.7 Å². The van der Waals surface area contributed by atoms with Crippen LogP contribution < -0.4 is 11.1 Å². The fourth-order valence-corrected chi connectivity index (χ4v) is 3.43. The average Bonchev–Trinajstić information content (AvgIpc) is 2.87. The van der Waals surface area contributed by atoms with Gasteiger partial charge in [0, 0.05) is 11.3 Å².